The lowest BCUT2D eigenvalue weighted by atomic mass is 9.97. The Balaban J connectivity index is 1.36. The lowest BCUT2D eigenvalue weighted by molar-refractivity contribution is 0.0403. The molecule has 1 aliphatic carbocycles. The van der Waals surface area contributed by atoms with E-state index >= 15 is 0 Å². The molecule has 1 aromatic carbocycles. The molecule has 0 spiro atoms. The van der Waals surface area contributed by atoms with E-state index in [9.17, 15) is 5.11 Å². The van der Waals surface area contributed by atoms with Crippen LogP contribution in [0.4, 0.5) is 0 Å². The molecule has 152 valence electrons. The summed E-state index contributed by atoms with van der Waals surface area (Å²) in [6.45, 7) is 1.40. The number of fused-ring (bicyclic) bond motifs is 1. The lowest BCUT2D eigenvalue weighted by Crippen LogP contribution is -2.31. The van der Waals surface area contributed by atoms with Crippen LogP contribution in [-0.4, -0.2) is 50.8 Å². The number of oxime groups is 1. The number of hydrogen-bond acceptors (Lipinski definition) is 7. The van der Waals surface area contributed by atoms with Gasteiger partial charge in [-0.25, -0.2) is 0 Å². The predicted octanol–water partition coefficient (Wildman–Crippen LogP) is 3.02. The van der Waals surface area contributed by atoms with Gasteiger partial charge in [-0.1, -0.05) is 11.2 Å². The predicted molar refractivity (Wildman–Crippen MR) is 112 cm³/mol. The Labute approximate surface area is 170 Å². The van der Waals surface area contributed by atoms with Crippen molar-refractivity contribution >= 4 is 17.0 Å². The number of thiophene rings is 1. The monoisotopic (exact) mass is 404 g/mol. The van der Waals surface area contributed by atoms with Gasteiger partial charge in [0.05, 0.1) is 19.9 Å². The van der Waals surface area contributed by atoms with Gasteiger partial charge in [-0.2, -0.15) is 0 Å². The molecule has 0 fully saturated rings. The van der Waals surface area contributed by atoms with Crippen LogP contribution in [0.5, 0.6) is 11.5 Å². The summed E-state index contributed by atoms with van der Waals surface area (Å²) in [4.78, 5) is 6.78. The van der Waals surface area contributed by atoms with Crippen molar-refractivity contribution < 1.29 is 19.4 Å². The maximum Gasteiger partial charge on any atom is 0.160 e. The number of benzene rings is 1. The van der Waals surface area contributed by atoms with E-state index in [1.807, 2.05) is 18.2 Å². The maximum absolute atomic E-state index is 10.1. The van der Waals surface area contributed by atoms with E-state index in [0.29, 0.717) is 6.54 Å². The van der Waals surface area contributed by atoms with Crippen LogP contribution in [0.25, 0.3) is 0 Å². The number of nitrogens with one attached hydrogen (secondary N) is 1. The van der Waals surface area contributed by atoms with Crippen molar-refractivity contribution in [3.05, 3.63) is 45.6 Å². The molecular formula is C21H28N2O4S. The molecule has 1 heterocycles. The minimum atomic E-state index is -0.597. The van der Waals surface area contributed by atoms with Crippen LogP contribution in [0.15, 0.2) is 34.8 Å². The molecule has 0 bridgehead atoms. The molecule has 0 saturated carbocycles. The topological polar surface area (TPSA) is 72.3 Å². The molecule has 3 rings (SSSR count). The van der Waals surface area contributed by atoms with Gasteiger partial charge in [0.25, 0.3) is 0 Å². The molecule has 28 heavy (non-hydrogen) atoms. The van der Waals surface area contributed by atoms with Gasteiger partial charge >= 0.3 is 0 Å². The number of hydrogen-bond donors (Lipinski definition) is 2. The summed E-state index contributed by atoms with van der Waals surface area (Å²) in [5.74, 6) is 1.45. The van der Waals surface area contributed by atoms with Crippen LogP contribution in [0.3, 0.4) is 0 Å². The second kappa shape index (κ2) is 10.5. The summed E-state index contributed by atoms with van der Waals surface area (Å²) < 4.78 is 10.6. The first-order chi connectivity index (χ1) is 13.7. The van der Waals surface area contributed by atoms with E-state index < -0.39 is 6.10 Å². The third kappa shape index (κ3) is 5.47. The fraction of sp³-hybridized carbons (Fsp3) is 0.476. The van der Waals surface area contributed by atoms with Gasteiger partial charge in [-0.3, -0.25) is 0 Å². The molecule has 1 unspecified atom stereocenters. The smallest absolute Gasteiger partial charge is 0.160 e. The second-order valence-corrected chi connectivity index (χ2v) is 7.74. The van der Waals surface area contributed by atoms with Crippen LogP contribution in [0.2, 0.25) is 0 Å². The lowest BCUT2D eigenvalue weighted by Gasteiger charge is -2.15. The van der Waals surface area contributed by atoms with Crippen LogP contribution < -0.4 is 14.8 Å². The molecule has 1 atom stereocenters. The molecule has 0 amide bonds. The molecule has 1 aliphatic rings. The quantitative estimate of drug-likeness (QED) is 0.470. The molecule has 1 aromatic heterocycles. The van der Waals surface area contributed by atoms with Crippen LogP contribution in [-0.2, 0) is 17.7 Å². The molecule has 2 aromatic rings. The fourth-order valence-electron chi connectivity index (χ4n) is 3.23. The average molecular weight is 405 g/mol. The SMILES string of the molecule is COc1ccc(CCNCC(O)CON=C2CCCc3sccc32)cc1OC. The van der Waals surface area contributed by atoms with E-state index in [1.165, 1.54) is 10.4 Å². The molecule has 0 aliphatic heterocycles. The van der Waals surface area contributed by atoms with Crippen LogP contribution >= 0.6 is 11.3 Å². The van der Waals surface area contributed by atoms with Crippen molar-refractivity contribution in [3.63, 3.8) is 0 Å². The summed E-state index contributed by atoms with van der Waals surface area (Å²) in [5, 5.41) is 19.7. The third-order valence-corrected chi connectivity index (χ3v) is 5.71. The van der Waals surface area contributed by atoms with Crippen molar-refractivity contribution in [1.29, 1.82) is 0 Å². The number of methoxy groups -OCH3 is 2. The summed E-state index contributed by atoms with van der Waals surface area (Å²) in [7, 11) is 3.26. The number of aryl methyl sites for hydroxylation is 1. The van der Waals surface area contributed by atoms with E-state index in [0.717, 1.165) is 55.0 Å². The van der Waals surface area contributed by atoms with Gasteiger partial charge in [-0.05, 0) is 61.4 Å². The zero-order valence-corrected chi connectivity index (χ0v) is 17.3. The number of ether oxygens (including phenoxy) is 2. The molecule has 7 heteroatoms. The van der Waals surface area contributed by atoms with Gasteiger partial charge in [0.2, 0.25) is 0 Å². The Kier molecular flexibility index (Phi) is 7.71. The minimum Gasteiger partial charge on any atom is -0.493 e. The van der Waals surface area contributed by atoms with E-state index in [4.69, 9.17) is 14.3 Å². The highest BCUT2D eigenvalue weighted by Crippen LogP contribution is 2.28. The zero-order chi connectivity index (χ0) is 19.8. The third-order valence-electron chi connectivity index (χ3n) is 4.73. The van der Waals surface area contributed by atoms with Crippen molar-refractivity contribution in [2.24, 2.45) is 5.16 Å². The summed E-state index contributed by atoms with van der Waals surface area (Å²) in [5.41, 5.74) is 3.35. The number of rotatable bonds is 10. The average Bonchev–Trinajstić information content (AvgIpc) is 3.20. The molecule has 0 saturated heterocycles. The molecule has 6 nitrogen and oxygen atoms in total. The van der Waals surface area contributed by atoms with Gasteiger partial charge < -0.3 is 24.7 Å². The first-order valence-corrected chi connectivity index (χ1v) is 10.4. The largest absolute Gasteiger partial charge is 0.493 e. The number of aliphatic hydroxyl groups excluding tert-OH is 1. The minimum absolute atomic E-state index is 0.187. The van der Waals surface area contributed by atoms with Gasteiger partial charge in [0, 0.05) is 17.0 Å². The maximum atomic E-state index is 10.1. The highest BCUT2D eigenvalue weighted by atomic mass is 32.1. The van der Waals surface area contributed by atoms with Crippen molar-refractivity contribution in [2.45, 2.75) is 31.8 Å². The molecule has 0 radical (unpaired) electrons. The molecule has 2 N–H and O–H groups in total. The summed E-state index contributed by atoms with van der Waals surface area (Å²) in [6, 6.07) is 7.99. The standard InChI is InChI=1S/C21H28N2O4S/c1-25-19-7-6-15(12-20(19)26-2)8-10-22-13-16(24)14-27-23-18-4-3-5-21-17(18)9-11-28-21/h6-7,9,11-12,16,22,24H,3-5,8,10,13-14H2,1-2H3. The molecular weight excluding hydrogens is 376 g/mol. The Hall–Kier alpha value is -2.09. The first-order valence-electron chi connectivity index (χ1n) is 9.56. The summed E-state index contributed by atoms with van der Waals surface area (Å²) >= 11 is 1.77. The fourth-order valence-corrected chi connectivity index (χ4v) is 4.18. The normalized spacial score (nSPS) is 15.9. The van der Waals surface area contributed by atoms with Gasteiger partial charge in [0.15, 0.2) is 11.5 Å². The van der Waals surface area contributed by atoms with Gasteiger partial charge in [0.1, 0.15) is 12.7 Å². The Morgan fingerprint density at radius 2 is 2.04 bits per heavy atom. The van der Waals surface area contributed by atoms with E-state index in [-0.39, 0.29) is 6.61 Å². The number of nitrogens with zero attached hydrogens (tertiary/aromatic N) is 1. The van der Waals surface area contributed by atoms with Crippen LogP contribution in [0, 0.1) is 0 Å². The second-order valence-electron chi connectivity index (χ2n) is 6.74. The Morgan fingerprint density at radius 1 is 1.18 bits per heavy atom. The van der Waals surface area contributed by atoms with Crippen molar-refractivity contribution in [2.75, 3.05) is 33.9 Å². The number of aliphatic hydroxyl groups is 1. The van der Waals surface area contributed by atoms with Crippen molar-refractivity contribution in [3.8, 4) is 11.5 Å². The summed E-state index contributed by atoms with van der Waals surface area (Å²) in [6.07, 6.45) is 3.40. The zero-order valence-electron chi connectivity index (χ0n) is 16.4. The highest BCUT2D eigenvalue weighted by molar-refractivity contribution is 7.10. The van der Waals surface area contributed by atoms with E-state index in [1.54, 1.807) is 25.6 Å². The first kappa shape index (κ1) is 20.6. The van der Waals surface area contributed by atoms with Crippen molar-refractivity contribution in [1.82, 2.24) is 5.32 Å². The Bertz CT molecular complexity index is 790. The van der Waals surface area contributed by atoms with E-state index in [2.05, 4.69) is 21.9 Å². The van der Waals surface area contributed by atoms with Gasteiger partial charge in [-0.15, -0.1) is 11.3 Å². The Morgan fingerprint density at radius 3 is 2.86 bits per heavy atom. The van der Waals surface area contributed by atoms with Crippen LogP contribution in [0.1, 0.15) is 28.8 Å². The highest BCUT2D eigenvalue weighted by Gasteiger charge is 2.17.